The highest BCUT2D eigenvalue weighted by molar-refractivity contribution is 7.80. The number of esters is 1. The van der Waals surface area contributed by atoms with Gasteiger partial charge >= 0.3 is 18.8 Å². The Morgan fingerprint density at radius 1 is 1.33 bits per heavy atom. The number of carbonyl (C=O) groups is 1. The smallest absolute Gasteiger partial charge is 0.437 e. The number of carbonyl (C=O) groups excluding carboxylic acids is 1. The summed E-state index contributed by atoms with van der Waals surface area (Å²) in [5, 5.41) is 13.9. The van der Waals surface area contributed by atoms with Crippen LogP contribution in [0.5, 0.6) is 5.75 Å². The number of thiocarbonyl (C=S) groups is 1. The predicted octanol–water partition coefficient (Wildman–Crippen LogP) is 2.24. The van der Waals surface area contributed by atoms with Gasteiger partial charge in [0.2, 0.25) is 0 Å². The number of nitrogens with one attached hydrogen (secondary N) is 2. The summed E-state index contributed by atoms with van der Waals surface area (Å²) in [6.45, 7) is -1.91. The zero-order valence-corrected chi connectivity index (χ0v) is 14.5. The summed E-state index contributed by atoms with van der Waals surface area (Å²) in [5.41, 5.74) is -3.62. The average molecular weight is 414 g/mol. The van der Waals surface area contributed by atoms with Crippen molar-refractivity contribution in [1.82, 2.24) is 10.6 Å². The Morgan fingerprint density at radius 3 is 2.41 bits per heavy atom. The molecular formula is C15H15F5N2O4S. The number of alkyl halides is 5. The molecule has 1 aliphatic rings. The average Bonchev–Trinajstić information content (AvgIpc) is 2.53. The Hall–Kier alpha value is -2.21. The van der Waals surface area contributed by atoms with Gasteiger partial charge in [-0.05, 0) is 36.8 Å². The van der Waals surface area contributed by atoms with E-state index in [4.69, 9.17) is 12.2 Å². The first-order valence-corrected chi connectivity index (χ1v) is 7.99. The number of rotatable bonds is 5. The highest BCUT2D eigenvalue weighted by Crippen LogP contribution is 2.43. The molecule has 1 aliphatic heterocycles. The fourth-order valence-electron chi connectivity index (χ4n) is 2.67. The molecule has 6 nitrogen and oxygen atoms in total. The van der Waals surface area contributed by atoms with Gasteiger partial charge in [0.25, 0.3) is 5.72 Å². The molecule has 0 aromatic heterocycles. The molecule has 12 heteroatoms. The highest BCUT2D eigenvalue weighted by atomic mass is 32.1. The van der Waals surface area contributed by atoms with Gasteiger partial charge in [0.15, 0.2) is 5.11 Å². The molecule has 3 N–H and O–H groups in total. The summed E-state index contributed by atoms with van der Waals surface area (Å²) >= 11 is 4.73. The van der Waals surface area contributed by atoms with Gasteiger partial charge in [-0.25, -0.2) is 0 Å². The molecule has 0 aliphatic carbocycles. The monoisotopic (exact) mass is 414 g/mol. The van der Waals surface area contributed by atoms with Gasteiger partial charge in [0.05, 0.1) is 12.6 Å². The predicted molar refractivity (Wildman–Crippen MR) is 85.8 cm³/mol. The third-order valence-corrected chi connectivity index (χ3v) is 4.03. The van der Waals surface area contributed by atoms with Crippen LogP contribution in [0.2, 0.25) is 0 Å². The molecule has 0 radical (unpaired) electrons. The molecule has 1 aromatic rings. The van der Waals surface area contributed by atoms with Gasteiger partial charge in [-0.2, -0.15) is 22.0 Å². The van der Waals surface area contributed by atoms with Crippen LogP contribution in [-0.4, -0.2) is 41.3 Å². The van der Waals surface area contributed by atoms with Crippen LogP contribution >= 0.6 is 12.2 Å². The topological polar surface area (TPSA) is 79.8 Å². The van der Waals surface area contributed by atoms with Gasteiger partial charge in [-0.15, -0.1) is 0 Å². The second-order valence-electron chi connectivity index (χ2n) is 5.52. The van der Waals surface area contributed by atoms with E-state index in [2.05, 4.69) is 14.8 Å². The number of benzene rings is 1. The highest BCUT2D eigenvalue weighted by Gasteiger charge is 2.66. The van der Waals surface area contributed by atoms with Crippen molar-refractivity contribution in [3.63, 3.8) is 0 Å². The molecule has 0 unspecified atom stereocenters. The molecule has 1 aromatic carbocycles. The zero-order chi connectivity index (χ0) is 20.4. The number of ether oxygens (including phenoxy) is 2. The maximum Gasteiger partial charge on any atom is 0.437 e. The van der Waals surface area contributed by atoms with E-state index in [1.54, 1.807) is 5.32 Å². The van der Waals surface area contributed by atoms with Crippen LogP contribution in [0.3, 0.4) is 0 Å². The summed E-state index contributed by atoms with van der Waals surface area (Å²) in [6, 6.07) is 3.08. The van der Waals surface area contributed by atoms with Crippen molar-refractivity contribution in [2.24, 2.45) is 5.92 Å². The fourth-order valence-corrected chi connectivity index (χ4v) is 2.95. The lowest BCUT2D eigenvalue weighted by Crippen LogP contribution is -2.73. The standard InChI is InChI=1S/C15H15F5N2O4S/c1-2-25-11(23)9-10(7-3-5-8(6-4-7)26-12(16)17)21-13(27)22-14(9,24)15(18,19)20/h3-6,9-10,12,24H,2H2,1H3,(H2,21,22,27)/t9-,10-,14+/m0/s1. The first-order valence-electron chi connectivity index (χ1n) is 7.58. The summed E-state index contributed by atoms with van der Waals surface area (Å²) < 4.78 is 73.9. The Labute approximate surface area is 155 Å². The second-order valence-corrected chi connectivity index (χ2v) is 5.93. The second kappa shape index (κ2) is 7.80. The summed E-state index contributed by atoms with van der Waals surface area (Å²) in [5.74, 6) is -3.72. The van der Waals surface area contributed by atoms with Gasteiger partial charge in [-0.1, -0.05) is 12.1 Å². The van der Waals surface area contributed by atoms with Crippen molar-refractivity contribution in [2.75, 3.05) is 6.61 Å². The molecule has 150 valence electrons. The van der Waals surface area contributed by atoms with Crippen LogP contribution in [0.1, 0.15) is 18.5 Å². The third kappa shape index (κ3) is 4.38. The van der Waals surface area contributed by atoms with E-state index < -0.39 is 41.6 Å². The van der Waals surface area contributed by atoms with Crippen molar-refractivity contribution in [3.8, 4) is 5.75 Å². The summed E-state index contributed by atoms with van der Waals surface area (Å²) in [6.07, 6.45) is -5.27. The lowest BCUT2D eigenvalue weighted by atomic mass is 9.82. The zero-order valence-electron chi connectivity index (χ0n) is 13.7. The number of hydrogen-bond acceptors (Lipinski definition) is 5. The van der Waals surface area contributed by atoms with E-state index in [0.717, 1.165) is 12.1 Å². The number of aliphatic hydroxyl groups is 1. The lowest BCUT2D eigenvalue weighted by molar-refractivity contribution is -0.292. The molecule has 2 rings (SSSR count). The molecule has 1 fully saturated rings. The SMILES string of the molecule is CCOC(=O)[C@@H]1[C@H](c2ccc(OC(F)F)cc2)NC(=S)N[C@]1(O)C(F)(F)F. The summed E-state index contributed by atoms with van der Waals surface area (Å²) in [4.78, 5) is 12.2. The van der Waals surface area contributed by atoms with Crippen molar-refractivity contribution in [2.45, 2.75) is 31.5 Å². The van der Waals surface area contributed by atoms with Gasteiger partial charge in [0.1, 0.15) is 11.7 Å². The largest absolute Gasteiger partial charge is 0.466 e. The Balaban J connectivity index is 2.47. The normalized spacial score (nSPS) is 25.6. The molecule has 0 spiro atoms. The van der Waals surface area contributed by atoms with Crippen molar-refractivity contribution >= 4 is 23.3 Å². The fraction of sp³-hybridized carbons (Fsp3) is 0.467. The first kappa shape index (κ1) is 21.1. The molecule has 1 saturated heterocycles. The number of hydrogen-bond donors (Lipinski definition) is 3. The van der Waals surface area contributed by atoms with Crippen LogP contribution < -0.4 is 15.4 Å². The van der Waals surface area contributed by atoms with Crippen LogP contribution in [0.25, 0.3) is 0 Å². The minimum Gasteiger partial charge on any atom is -0.466 e. The van der Waals surface area contributed by atoms with Gasteiger partial charge in [-0.3, -0.25) is 4.79 Å². The van der Waals surface area contributed by atoms with Gasteiger partial charge < -0.3 is 25.2 Å². The van der Waals surface area contributed by atoms with Crippen LogP contribution in [0.15, 0.2) is 24.3 Å². The Morgan fingerprint density at radius 2 is 1.93 bits per heavy atom. The molecule has 3 atom stereocenters. The van der Waals surface area contributed by atoms with E-state index >= 15 is 0 Å². The first-order chi connectivity index (χ1) is 12.5. The molecular weight excluding hydrogens is 399 g/mol. The van der Waals surface area contributed by atoms with E-state index in [9.17, 15) is 31.9 Å². The molecule has 27 heavy (non-hydrogen) atoms. The van der Waals surface area contributed by atoms with E-state index in [-0.39, 0.29) is 17.9 Å². The Kier molecular flexibility index (Phi) is 6.10. The third-order valence-electron chi connectivity index (χ3n) is 3.81. The van der Waals surface area contributed by atoms with Crippen molar-refractivity contribution < 1.29 is 41.3 Å². The Bertz CT molecular complexity index is 700. The van der Waals surface area contributed by atoms with E-state index in [1.165, 1.54) is 19.1 Å². The molecule has 0 bridgehead atoms. The van der Waals surface area contributed by atoms with Crippen molar-refractivity contribution in [3.05, 3.63) is 29.8 Å². The van der Waals surface area contributed by atoms with Crippen LogP contribution in [0.4, 0.5) is 22.0 Å². The van der Waals surface area contributed by atoms with E-state index in [0.29, 0.717) is 0 Å². The number of halogens is 5. The minimum atomic E-state index is -5.27. The quantitative estimate of drug-likeness (QED) is 0.387. The maximum atomic E-state index is 13.5. The van der Waals surface area contributed by atoms with E-state index in [1.807, 2.05) is 0 Å². The van der Waals surface area contributed by atoms with Crippen LogP contribution in [-0.2, 0) is 9.53 Å². The minimum absolute atomic E-state index is 0.0706. The molecule has 0 saturated carbocycles. The molecule has 1 heterocycles. The summed E-state index contributed by atoms with van der Waals surface area (Å²) in [7, 11) is 0. The van der Waals surface area contributed by atoms with Crippen molar-refractivity contribution in [1.29, 1.82) is 0 Å². The molecule has 0 amide bonds. The van der Waals surface area contributed by atoms with Gasteiger partial charge in [0, 0.05) is 0 Å². The lowest BCUT2D eigenvalue weighted by Gasteiger charge is -2.45. The maximum absolute atomic E-state index is 13.5. The van der Waals surface area contributed by atoms with Crippen LogP contribution in [0, 0.1) is 5.92 Å².